The number of amides is 1. The molecular weight excluding hydrogens is 304 g/mol. The van der Waals surface area contributed by atoms with E-state index in [0.29, 0.717) is 26.1 Å². The minimum Gasteiger partial charge on any atom is -0.379 e. The van der Waals surface area contributed by atoms with Crippen molar-refractivity contribution in [3.8, 4) is 0 Å². The molecule has 6 nitrogen and oxygen atoms in total. The van der Waals surface area contributed by atoms with Crippen LogP contribution in [0.2, 0.25) is 0 Å². The van der Waals surface area contributed by atoms with E-state index >= 15 is 0 Å². The van der Waals surface area contributed by atoms with Gasteiger partial charge in [-0.25, -0.2) is 9.97 Å². The summed E-state index contributed by atoms with van der Waals surface area (Å²) in [6.45, 7) is 2.89. The summed E-state index contributed by atoms with van der Waals surface area (Å²) in [5.41, 5.74) is 7.07. The lowest BCUT2D eigenvalue weighted by molar-refractivity contribution is -0.118. The van der Waals surface area contributed by atoms with Gasteiger partial charge < -0.3 is 10.5 Å². The summed E-state index contributed by atoms with van der Waals surface area (Å²) in [6, 6.07) is 10.2. The van der Waals surface area contributed by atoms with E-state index in [2.05, 4.69) is 27.0 Å². The third kappa shape index (κ3) is 3.29. The molecule has 2 heterocycles. The molecule has 0 saturated carbocycles. The van der Waals surface area contributed by atoms with E-state index in [0.717, 1.165) is 24.2 Å². The molecule has 1 aromatic carbocycles. The zero-order chi connectivity index (χ0) is 16.8. The number of nitrogens with two attached hydrogens (primary N) is 1. The minimum absolute atomic E-state index is 0.293. The van der Waals surface area contributed by atoms with Crippen LogP contribution in [0.3, 0.4) is 0 Å². The summed E-state index contributed by atoms with van der Waals surface area (Å²) >= 11 is 0. The normalized spacial score (nSPS) is 18.0. The molecule has 24 heavy (non-hydrogen) atoms. The fourth-order valence-corrected chi connectivity index (χ4v) is 3.45. The molecule has 2 aromatic rings. The van der Waals surface area contributed by atoms with Crippen LogP contribution in [0.15, 0.2) is 49.1 Å². The topological polar surface area (TPSA) is 81.3 Å². The van der Waals surface area contributed by atoms with E-state index in [1.165, 1.54) is 6.33 Å². The average molecular weight is 326 g/mol. The number of morpholine rings is 1. The smallest absolute Gasteiger partial charge is 0.217 e. The second-order valence-corrected chi connectivity index (χ2v) is 5.92. The lowest BCUT2D eigenvalue weighted by Gasteiger charge is -2.46. The van der Waals surface area contributed by atoms with Crippen molar-refractivity contribution in [2.45, 2.75) is 18.4 Å². The quantitative estimate of drug-likeness (QED) is 0.866. The van der Waals surface area contributed by atoms with Crippen molar-refractivity contribution in [3.05, 3.63) is 60.2 Å². The van der Waals surface area contributed by atoms with Gasteiger partial charge in [-0.15, -0.1) is 0 Å². The zero-order valence-electron chi connectivity index (χ0n) is 13.6. The molecule has 6 heteroatoms. The van der Waals surface area contributed by atoms with Gasteiger partial charge in [-0.3, -0.25) is 9.69 Å². The highest BCUT2D eigenvalue weighted by molar-refractivity contribution is 5.74. The van der Waals surface area contributed by atoms with E-state index in [1.54, 1.807) is 0 Å². The molecule has 1 saturated heterocycles. The molecule has 1 amide bonds. The second kappa shape index (κ2) is 7.51. The van der Waals surface area contributed by atoms with Crippen molar-refractivity contribution in [1.29, 1.82) is 0 Å². The standard InChI is InChI=1S/C18H22N4O2/c19-17(23)6-7-18(15-4-2-1-3-5-15,16-12-20-14-21-13-16)22-8-10-24-11-9-22/h1-5,12-14H,6-11H2,(H2,19,23). The third-order valence-electron chi connectivity index (χ3n) is 4.57. The average Bonchev–Trinajstić information content (AvgIpc) is 2.65. The molecule has 0 aliphatic carbocycles. The summed E-state index contributed by atoms with van der Waals surface area (Å²) in [7, 11) is 0. The molecule has 1 atom stereocenters. The Morgan fingerprint density at radius 3 is 2.42 bits per heavy atom. The van der Waals surface area contributed by atoms with Crippen molar-refractivity contribution in [3.63, 3.8) is 0 Å². The molecule has 2 N–H and O–H groups in total. The predicted octanol–water partition coefficient (Wildman–Crippen LogP) is 1.32. The number of carbonyl (C=O) groups is 1. The summed E-state index contributed by atoms with van der Waals surface area (Å²) < 4.78 is 5.53. The summed E-state index contributed by atoms with van der Waals surface area (Å²) in [5, 5.41) is 0. The Bertz CT molecular complexity index is 618. The van der Waals surface area contributed by atoms with E-state index in [4.69, 9.17) is 10.5 Å². The van der Waals surface area contributed by atoms with Gasteiger partial charge in [0.05, 0.1) is 18.8 Å². The van der Waals surface area contributed by atoms with Crippen LogP contribution < -0.4 is 5.73 Å². The van der Waals surface area contributed by atoms with Crippen LogP contribution in [0.5, 0.6) is 0 Å². The number of ether oxygens (including phenoxy) is 1. The lowest BCUT2D eigenvalue weighted by Crippen LogP contribution is -2.52. The van der Waals surface area contributed by atoms with Crippen molar-refractivity contribution in [2.24, 2.45) is 5.73 Å². The Balaban J connectivity index is 2.13. The van der Waals surface area contributed by atoms with Crippen LogP contribution in [-0.2, 0) is 15.1 Å². The first-order valence-electron chi connectivity index (χ1n) is 8.15. The van der Waals surface area contributed by atoms with Gasteiger partial charge in [-0.2, -0.15) is 0 Å². The monoisotopic (exact) mass is 326 g/mol. The lowest BCUT2D eigenvalue weighted by atomic mass is 9.78. The summed E-state index contributed by atoms with van der Waals surface area (Å²) in [6.07, 6.45) is 6.06. The van der Waals surface area contributed by atoms with Gasteiger partial charge in [0.1, 0.15) is 6.33 Å². The summed E-state index contributed by atoms with van der Waals surface area (Å²) in [5.74, 6) is -0.305. The second-order valence-electron chi connectivity index (χ2n) is 5.92. The zero-order valence-corrected chi connectivity index (χ0v) is 13.6. The summed E-state index contributed by atoms with van der Waals surface area (Å²) in [4.78, 5) is 22.3. The van der Waals surface area contributed by atoms with Crippen molar-refractivity contribution in [2.75, 3.05) is 26.3 Å². The van der Waals surface area contributed by atoms with Crippen molar-refractivity contribution >= 4 is 5.91 Å². The maximum absolute atomic E-state index is 11.5. The fourth-order valence-electron chi connectivity index (χ4n) is 3.45. The number of carbonyl (C=O) groups excluding carboxylic acids is 1. The highest BCUT2D eigenvalue weighted by Gasteiger charge is 2.41. The van der Waals surface area contributed by atoms with Crippen LogP contribution >= 0.6 is 0 Å². The minimum atomic E-state index is -0.485. The van der Waals surface area contributed by atoms with Gasteiger partial charge in [0.2, 0.25) is 5.91 Å². The number of aromatic nitrogens is 2. The first-order chi connectivity index (χ1) is 11.7. The van der Waals surface area contributed by atoms with Gasteiger partial charge in [0.25, 0.3) is 0 Å². The van der Waals surface area contributed by atoms with Gasteiger partial charge in [-0.05, 0) is 12.0 Å². The van der Waals surface area contributed by atoms with Crippen LogP contribution in [0.4, 0.5) is 0 Å². The number of nitrogens with zero attached hydrogens (tertiary/aromatic N) is 3. The Labute approximate surface area is 141 Å². The van der Waals surface area contributed by atoms with Crippen LogP contribution in [-0.4, -0.2) is 47.1 Å². The SMILES string of the molecule is NC(=O)CCC(c1ccccc1)(c1cncnc1)N1CCOCC1. The molecule has 1 unspecified atom stereocenters. The van der Waals surface area contributed by atoms with Crippen LogP contribution in [0.25, 0.3) is 0 Å². The Morgan fingerprint density at radius 1 is 1.12 bits per heavy atom. The van der Waals surface area contributed by atoms with Gasteiger partial charge in [0.15, 0.2) is 0 Å². The molecule has 0 bridgehead atoms. The van der Waals surface area contributed by atoms with Crippen LogP contribution in [0, 0.1) is 0 Å². The number of rotatable bonds is 6. The number of hydrogen-bond acceptors (Lipinski definition) is 5. The van der Waals surface area contributed by atoms with Gasteiger partial charge >= 0.3 is 0 Å². The van der Waals surface area contributed by atoms with Gasteiger partial charge in [0, 0.05) is 37.5 Å². The number of primary amides is 1. The van der Waals surface area contributed by atoms with Crippen molar-refractivity contribution < 1.29 is 9.53 Å². The molecule has 3 rings (SSSR count). The third-order valence-corrected chi connectivity index (χ3v) is 4.57. The maximum atomic E-state index is 11.5. The molecule has 0 radical (unpaired) electrons. The Kier molecular flexibility index (Phi) is 5.17. The first kappa shape index (κ1) is 16.5. The first-order valence-corrected chi connectivity index (χ1v) is 8.15. The molecule has 1 aliphatic rings. The maximum Gasteiger partial charge on any atom is 0.217 e. The van der Waals surface area contributed by atoms with Gasteiger partial charge in [-0.1, -0.05) is 30.3 Å². The largest absolute Gasteiger partial charge is 0.379 e. The van der Waals surface area contributed by atoms with Crippen LogP contribution in [0.1, 0.15) is 24.0 Å². The van der Waals surface area contributed by atoms with E-state index < -0.39 is 5.54 Å². The van der Waals surface area contributed by atoms with E-state index in [1.807, 2.05) is 30.6 Å². The molecule has 126 valence electrons. The molecule has 1 fully saturated rings. The molecular formula is C18H22N4O2. The molecule has 0 spiro atoms. The highest BCUT2D eigenvalue weighted by atomic mass is 16.5. The molecule has 1 aliphatic heterocycles. The van der Waals surface area contributed by atoms with E-state index in [9.17, 15) is 4.79 Å². The molecule has 1 aromatic heterocycles. The Morgan fingerprint density at radius 2 is 1.79 bits per heavy atom. The number of hydrogen-bond donors (Lipinski definition) is 1. The fraction of sp³-hybridized carbons (Fsp3) is 0.389. The van der Waals surface area contributed by atoms with Crippen molar-refractivity contribution in [1.82, 2.24) is 14.9 Å². The van der Waals surface area contributed by atoms with E-state index in [-0.39, 0.29) is 5.91 Å². The Hall–Kier alpha value is -2.31. The highest BCUT2D eigenvalue weighted by Crippen LogP contribution is 2.40. The number of benzene rings is 1. The predicted molar refractivity (Wildman–Crippen MR) is 90.1 cm³/mol.